The second-order valence-electron chi connectivity index (χ2n) is 16.2. The fraction of sp³-hybridized carbons (Fsp3) is 0.370. The summed E-state index contributed by atoms with van der Waals surface area (Å²) in [4.78, 5) is 94.2. The average molecular weight is 893 g/mol. The lowest BCUT2D eigenvalue weighted by atomic mass is 10.0. The summed E-state index contributed by atoms with van der Waals surface area (Å²) in [5.41, 5.74) is 15.5. The summed E-state index contributed by atoms with van der Waals surface area (Å²) in [7, 11) is 0. The van der Waals surface area contributed by atoms with Crippen molar-refractivity contribution in [3.05, 3.63) is 114 Å². The molecule has 0 bridgehead atoms. The van der Waals surface area contributed by atoms with Crippen LogP contribution < -0.4 is 32.7 Å². The van der Waals surface area contributed by atoms with E-state index in [-0.39, 0.29) is 56.6 Å². The fourth-order valence-electron chi connectivity index (χ4n) is 7.95. The Labute approximate surface area is 374 Å². The number of benzene rings is 3. The minimum Gasteiger partial charge on any atom is -0.508 e. The lowest BCUT2D eigenvalue weighted by Crippen LogP contribution is -2.60. The van der Waals surface area contributed by atoms with Crippen LogP contribution in [0, 0.1) is 0 Å². The number of rotatable bonds is 22. The summed E-state index contributed by atoms with van der Waals surface area (Å²) in [6, 6.07) is 12.4. The van der Waals surface area contributed by atoms with Crippen LogP contribution in [0.2, 0.25) is 0 Å². The molecule has 1 aliphatic heterocycles. The molecule has 0 saturated carbocycles. The van der Waals surface area contributed by atoms with Gasteiger partial charge in [0.05, 0.1) is 12.4 Å². The van der Waals surface area contributed by atoms with Crippen LogP contribution in [0.1, 0.15) is 54.5 Å². The molecular formula is C46H56N10O9. The smallest absolute Gasteiger partial charge is 0.326 e. The SMILES string of the molecule is NCCCC[C@H](NC(=O)[C@@H](N)Cc1c[nH]c2ccccc12)C(=O)N[C@@H](Cc1cnc[nH]1)C(=O)N[C@@H](Cc1ccc(O)cc1)C(=O)N1CCC[C@H]1C(=O)N[C@@H](Cc1ccc(O)cc1)C(=O)O. The summed E-state index contributed by atoms with van der Waals surface area (Å²) in [5, 5.41) is 41.5. The van der Waals surface area contributed by atoms with Gasteiger partial charge >= 0.3 is 5.97 Å². The Morgan fingerprint density at radius 3 is 2.02 bits per heavy atom. The molecule has 1 aliphatic rings. The zero-order chi connectivity index (χ0) is 46.5. The van der Waals surface area contributed by atoms with Crippen molar-refractivity contribution in [3.63, 3.8) is 0 Å². The number of aliphatic carboxylic acids is 1. The molecule has 5 amide bonds. The lowest BCUT2D eigenvalue weighted by molar-refractivity contribution is -0.145. The van der Waals surface area contributed by atoms with Gasteiger partial charge in [-0.3, -0.25) is 24.0 Å². The third-order valence-electron chi connectivity index (χ3n) is 11.5. The first kappa shape index (κ1) is 47.2. The van der Waals surface area contributed by atoms with Gasteiger partial charge in [-0.05, 0) is 92.1 Å². The number of likely N-dealkylation sites (tertiary alicyclic amines) is 1. The van der Waals surface area contributed by atoms with Gasteiger partial charge in [-0.15, -0.1) is 0 Å². The molecule has 13 N–H and O–H groups in total. The summed E-state index contributed by atoms with van der Waals surface area (Å²) < 4.78 is 0. The highest BCUT2D eigenvalue weighted by atomic mass is 16.4. The Balaban J connectivity index is 1.20. The van der Waals surface area contributed by atoms with Crippen molar-refractivity contribution in [2.24, 2.45) is 11.5 Å². The quantitative estimate of drug-likeness (QED) is 0.0435. The molecule has 65 heavy (non-hydrogen) atoms. The molecule has 0 radical (unpaired) electrons. The number of unbranched alkanes of at least 4 members (excludes halogenated alkanes) is 1. The maximum Gasteiger partial charge on any atom is 0.326 e. The number of nitrogens with one attached hydrogen (secondary N) is 6. The number of aromatic amines is 2. The van der Waals surface area contributed by atoms with Crippen LogP contribution in [0.25, 0.3) is 10.9 Å². The van der Waals surface area contributed by atoms with Crippen LogP contribution in [0.15, 0.2) is 91.5 Å². The second kappa shape index (κ2) is 22.4. The predicted molar refractivity (Wildman–Crippen MR) is 239 cm³/mol. The summed E-state index contributed by atoms with van der Waals surface area (Å²) in [5.74, 6) is -4.63. The zero-order valence-corrected chi connectivity index (χ0v) is 35.7. The Morgan fingerprint density at radius 1 is 0.738 bits per heavy atom. The molecule has 6 atom stereocenters. The number of phenols is 2. The molecule has 0 aliphatic carbocycles. The molecule has 0 spiro atoms. The fourth-order valence-corrected chi connectivity index (χ4v) is 7.95. The summed E-state index contributed by atoms with van der Waals surface area (Å²) in [6.45, 7) is 0.485. The number of carboxylic acids is 1. The number of nitrogens with zero attached hydrogens (tertiary/aromatic N) is 2. The van der Waals surface area contributed by atoms with Gasteiger partial charge in [-0.1, -0.05) is 42.5 Å². The minimum atomic E-state index is -1.34. The zero-order valence-electron chi connectivity index (χ0n) is 35.7. The number of phenolic OH excluding ortho intramolecular Hbond substituents is 2. The van der Waals surface area contributed by atoms with Crippen LogP contribution in [-0.4, -0.2) is 120 Å². The molecule has 2 aromatic heterocycles. The molecule has 3 aromatic carbocycles. The molecule has 19 heteroatoms. The predicted octanol–water partition coefficient (Wildman–Crippen LogP) is 1.04. The molecule has 5 aromatic rings. The number of aromatic hydroxyl groups is 2. The van der Waals surface area contributed by atoms with Gasteiger partial charge < -0.3 is 62.9 Å². The number of imidazole rings is 1. The van der Waals surface area contributed by atoms with Crippen molar-refractivity contribution in [2.45, 2.75) is 94.0 Å². The molecular weight excluding hydrogens is 837 g/mol. The number of fused-ring (bicyclic) bond motifs is 1. The van der Waals surface area contributed by atoms with Crippen molar-refractivity contribution in [3.8, 4) is 11.5 Å². The van der Waals surface area contributed by atoms with Crippen LogP contribution in [0.3, 0.4) is 0 Å². The largest absolute Gasteiger partial charge is 0.508 e. The van der Waals surface area contributed by atoms with E-state index in [4.69, 9.17) is 11.5 Å². The van der Waals surface area contributed by atoms with Crippen molar-refractivity contribution in [1.82, 2.24) is 41.1 Å². The highest BCUT2D eigenvalue weighted by Crippen LogP contribution is 2.22. The van der Waals surface area contributed by atoms with Gasteiger partial charge in [0, 0.05) is 54.8 Å². The van der Waals surface area contributed by atoms with Crippen LogP contribution in [-0.2, 0) is 54.5 Å². The number of aromatic nitrogens is 3. The van der Waals surface area contributed by atoms with Gasteiger partial charge in [-0.2, -0.15) is 0 Å². The normalized spacial score (nSPS) is 15.9. The van der Waals surface area contributed by atoms with E-state index < -0.39 is 71.8 Å². The first-order chi connectivity index (χ1) is 31.3. The summed E-state index contributed by atoms with van der Waals surface area (Å²) in [6.07, 6.45) is 6.48. The van der Waals surface area contributed by atoms with E-state index in [1.807, 2.05) is 24.3 Å². The molecule has 0 unspecified atom stereocenters. The number of nitrogens with two attached hydrogens (primary N) is 2. The number of carbonyl (C=O) groups excluding carboxylic acids is 5. The first-order valence-electron chi connectivity index (χ1n) is 21.6. The maximum absolute atomic E-state index is 14.6. The van der Waals surface area contributed by atoms with Crippen LogP contribution in [0.4, 0.5) is 0 Å². The lowest BCUT2D eigenvalue weighted by Gasteiger charge is -2.31. The number of hydrogen-bond acceptors (Lipinski definition) is 11. The molecule has 3 heterocycles. The number of hydrogen-bond donors (Lipinski definition) is 11. The van der Waals surface area contributed by atoms with Crippen molar-refractivity contribution >= 4 is 46.4 Å². The topological polar surface area (TPSA) is 311 Å². The number of carbonyl (C=O) groups is 6. The van der Waals surface area contributed by atoms with Gasteiger partial charge in [-0.25, -0.2) is 9.78 Å². The van der Waals surface area contributed by atoms with E-state index in [1.54, 1.807) is 30.5 Å². The molecule has 19 nitrogen and oxygen atoms in total. The number of amides is 5. The highest BCUT2D eigenvalue weighted by Gasteiger charge is 2.40. The molecule has 1 fully saturated rings. The van der Waals surface area contributed by atoms with Gasteiger partial charge in [0.15, 0.2) is 0 Å². The highest BCUT2D eigenvalue weighted by molar-refractivity contribution is 5.97. The maximum atomic E-state index is 14.6. The average Bonchev–Trinajstić information content (AvgIpc) is 4.09. The van der Waals surface area contributed by atoms with Crippen molar-refractivity contribution < 1.29 is 44.1 Å². The van der Waals surface area contributed by atoms with Crippen LogP contribution >= 0.6 is 0 Å². The van der Waals surface area contributed by atoms with E-state index >= 15 is 0 Å². The standard InChI is InChI=1S/C46H56N10O9/c47-18-4-3-8-36(52-41(59)34(48)22-29-24-50-35-7-2-1-6-33(29)35)42(60)53-37(23-30-25-49-26-51-30)43(61)54-38(20-27-10-14-31(57)15-11-27)45(63)56-19-5-9-40(56)44(62)55-39(46(64)65)21-28-12-16-32(58)17-13-28/h1-2,6-7,10-17,24-26,34,36-40,50,57-58H,3-5,8-9,18-23,47-48H2,(H,49,51)(H,52,59)(H,53,60)(H,54,61)(H,55,62)(H,64,65)/t34-,36-,37-,38-,39-,40-/m0/s1. The van der Waals surface area contributed by atoms with Crippen molar-refractivity contribution in [1.29, 1.82) is 0 Å². The van der Waals surface area contributed by atoms with E-state index in [0.717, 1.165) is 16.5 Å². The van der Waals surface area contributed by atoms with Gasteiger partial charge in [0.1, 0.15) is 41.7 Å². The van der Waals surface area contributed by atoms with Crippen LogP contribution in [0.5, 0.6) is 11.5 Å². The third-order valence-corrected chi connectivity index (χ3v) is 11.5. The first-order valence-corrected chi connectivity index (χ1v) is 21.6. The Kier molecular flexibility index (Phi) is 16.3. The van der Waals surface area contributed by atoms with Gasteiger partial charge in [0.2, 0.25) is 29.5 Å². The minimum absolute atomic E-state index is 0.00108. The van der Waals surface area contributed by atoms with Crippen molar-refractivity contribution in [2.75, 3.05) is 13.1 Å². The van der Waals surface area contributed by atoms with E-state index in [0.29, 0.717) is 42.6 Å². The second-order valence-corrected chi connectivity index (χ2v) is 16.2. The third kappa shape index (κ3) is 12.9. The van der Waals surface area contributed by atoms with E-state index in [9.17, 15) is 44.1 Å². The monoisotopic (exact) mass is 892 g/mol. The number of carboxylic acid groups (broad SMARTS) is 1. The van der Waals surface area contributed by atoms with E-state index in [2.05, 4.69) is 36.2 Å². The number of para-hydroxylation sites is 1. The Hall–Kier alpha value is -7.25. The molecule has 6 rings (SSSR count). The van der Waals surface area contributed by atoms with Gasteiger partial charge in [0.25, 0.3) is 0 Å². The van der Waals surface area contributed by atoms with E-state index in [1.165, 1.54) is 41.7 Å². The Morgan fingerprint density at radius 2 is 1.37 bits per heavy atom. The summed E-state index contributed by atoms with van der Waals surface area (Å²) >= 11 is 0. The molecule has 344 valence electrons. The molecule has 1 saturated heterocycles. The Bertz CT molecular complexity index is 2410. The number of H-pyrrole nitrogens is 2.